The smallest absolute Gasteiger partial charge is 0.281 e. The Kier molecular flexibility index (Phi) is 4.72. The van der Waals surface area contributed by atoms with Crippen molar-refractivity contribution in [1.82, 2.24) is 14.9 Å². The van der Waals surface area contributed by atoms with Crippen LogP contribution in [-0.2, 0) is 11.3 Å². The second kappa shape index (κ2) is 7.50. The zero-order chi connectivity index (χ0) is 18.9. The number of thiazole rings is 1. The summed E-state index contributed by atoms with van der Waals surface area (Å²) in [6.45, 7) is 5.84. The molecular formula is C21H21N3O3S. The number of aromatic nitrogens is 2. The second-order valence-electron chi connectivity index (χ2n) is 7.01. The maximum Gasteiger partial charge on any atom is 0.281 e. The first kappa shape index (κ1) is 17.6. The van der Waals surface area contributed by atoms with E-state index >= 15 is 0 Å². The molecule has 0 radical (unpaired) electrons. The molecule has 0 aliphatic carbocycles. The Morgan fingerprint density at radius 3 is 3.07 bits per heavy atom. The molecule has 1 aromatic carbocycles. The molecule has 0 amide bonds. The number of hydrogen-bond donors (Lipinski definition) is 0. The van der Waals surface area contributed by atoms with Crippen LogP contribution in [0.5, 0.6) is 10.9 Å². The topological polar surface area (TPSA) is 60.6 Å². The number of furan rings is 1. The van der Waals surface area contributed by atoms with Crippen molar-refractivity contribution in [2.24, 2.45) is 0 Å². The first-order valence-corrected chi connectivity index (χ1v) is 10.3. The molecule has 28 heavy (non-hydrogen) atoms. The summed E-state index contributed by atoms with van der Waals surface area (Å²) in [7, 11) is 0. The van der Waals surface area contributed by atoms with Crippen LogP contribution in [0.1, 0.15) is 18.9 Å². The van der Waals surface area contributed by atoms with Gasteiger partial charge in [-0.3, -0.25) is 4.90 Å². The van der Waals surface area contributed by atoms with Gasteiger partial charge in [0.25, 0.3) is 5.19 Å². The normalized spacial score (nSPS) is 15.3. The molecule has 0 unspecified atom stereocenters. The highest BCUT2D eigenvalue weighted by Gasteiger charge is 2.27. The number of likely N-dealkylation sites (tertiary alicyclic amines) is 1. The summed E-state index contributed by atoms with van der Waals surface area (Å²) in [6.07, 6.45) is 5.02. The van der Waals surface area contributed by atoms with Crippen molar-refractivity contribution < 1.29 is 13.9 Å². The monoisotopic (exact) mass is 395 g/mol. The Bertz CT molecular complexity index is 1070. The summed E-state index contributed by atoms with van der Waals surface area (Å²) >= 11 is 1.48. The molecule has 1 aliphatic heterocycles. The summed E-state index contributed by atoms with van der Waals surface area (Å²) < 4.78 is 18.5. The minimum atomic E-state index is 0.376. The fourth-order valence-corrected chi connectivity index (χ4v) is 4.22. The fourth-order valence-electron chi connectivity index (χ4n) is 3.43. The van der Waals surface area contributed by atoms with Crippen molar-refractivity contribution in [3.63, 3.8) is 0 Å². The van der Waals surface area contributed by atoms with Crippen LogP contribution in [0.4, 0.5) is 0 Å². The van der Waals surface area contributed by atoms with Crippen molar-refractivity contribution in [2.45, 2.75) is 26.0 Å². The van der Waals surface area contributed by atoms with Crippen LogP contribution in [-0.4, -0.2) is 40.7 Å². The third-order valence-corrected chi connectivity index (χ3v) is 5.74. The number of pyridine rings is 1. The van der Waals surface area contributed by atoms with Crippen LogP contribution >= 0.6 is 11.3 Å². The Morgan fingerprint density at radius 1 is 1.29 bits per heavy atom. The lowest BCUT2D eigenvalue weighted by Crippen LogP contribution is -2.51. The lowest BCUT2D eigenvalue weighted by Gasteiger charge is -2.38. The number of fused-ring (bicyclic) bond motifs is 2. The minimum Gasteiger partial charge on any atom is -0.464 e. The molecule has 4 aromatic rings. The van der Waals surface area contributed by atoms with Crippen molar-refractivity contribution in [3.05, 3.63) is 48.4 Å². The molecule has 1 aliphatic rings. The Hall–Kier alpha value is -2.48. The summed E-state index contributed by atoms with van der Waals surface area (Å²) in [5.74, 6) is 0.712. The van der Waals surface area contributed by atoms with Gasteiger partial charge in [0, 0.05) is 49.5 Å². The molecule has 0 saturated carbocycles. The summed E-state index contributed by atoms with van der Waals surface area (Å²) in [5, 5.41) is 1.70. The number of rotatable bonds is 7. The average molecular weight is 395 g/mol. The molecule has 0 N–H and O–H groups in total. The Morgan fingerprint density at radius 2 is 2.21 bits per heavy atom. The van der Waals surface area contributed by atoms with Gasteiger partial charge in [-0.15, -0.1) is 0 Å². The van der Waals surface area contributed by atoms with Crippen molar-refractivity contribution in [3.8, 4) is 10.9 Å². The first-order chi connectivity index (χ1) is 13.8. The van der Waals surface area contributed by atoms with E-state index in [1.165, 1.54) is 16.9 Å². The molecule has 1 saturated heterocycles. The number of hydrogen-bond acceptors (Lipinski definition) is 7. The van der Waals surface area contributed by atoms with Gasteiger partial charge in [-0.05, 0) is 30.7 Å². The van der Waals surface area contributed by atoms with Gasteiger partial charge in [-0.1, -0.05) is 18.3 Å². The molecule has 3 aromatic heterocycles. The SMILES string of the molecule is CCCOC1CN(Cc2coc3cc(Oc4nc5ncccc5s4)ccc23)C1. The fraction of sp³-hybridized carbons (Fsp3) is 0.333. The molecule has 0 bridgehead atoms. The van der Waals surface area contributed by atoms with Crippen LogP contribution in [0, 0.1) is 0 Å². The van der Waals surface area contributed by atoms with Crippen LogP contribution < -0.4 is 4.74 Å². The summed E-state index contributed by atoms with van der Waals surface area (Å²) in [4.78, 5) is 11.0. The minimum absolute atomic E-state index is 0.376. The van der Waals surface area contributed by atoms with Gasteiger partial charge in [0.2, 0.25) is 0 Å². The van der Waals surface area contributed by atoms with E-state index in [1.54, 1.807) is 6.20 Å². The zero-order valence-corrected chi connectivity index (χ0v) is 16.4. The first-order valence-electron chi connectivity index (χ1n) is 9.52. The molecule has 6 nitrogen and oxygen atoms in total. The highest BCUT2D eigenvalue weighted by Crippen LogP contribution is 2.33. The number of ether oxygens (including phenoxy) is 2. The van der Waals surface area contributed by atoms with Gasteiger partial charge < -0.3 is 13.9 Å². The van der Waals surface area contributed by atoms with E-state index < -0.39 is 0 Å². The maximum absolute atomic E-state index is 5.93. The van der Waals surface area contributed by atoms with Crippen molar-refractivity contribution in [1.29, 1.82) is 0 Å². The molecule has 0 spiro atoms. The maximum atomic E-state index is 5.93. The van der Waals surface area contributed by atoms with E-state index in [-0.39, 0.29) is 0 Å². The van der Waals surface area contributed by atoms with Crippen LogP contribution in [0.15, 0.2) is 47.2 Å². The van der Waals surface area contributed by atoms with Crippen LogP contribution in [0.2, 0.25) is 0 Å². The largest absolute Gasteiger partial charge is 0.464 e. The molecule has 1 fully saturated rings. The van der Waals surface area contributed by atoms with E-state index in [0.29, 0.717) is 22.7 Å². The Labute approximate surface area is 166 Å². The van der Waals surface area contributed by atoms with E-state index in [1.807, 2.05) is 30.5 Å². The van der Waals surface area contributed by atoms with Crippen molar-refractivity contribution >= 4 is 32.7 Å². The standard InChI is InChI=1S/C21H21N3O3S/c1-2-8-25-16-11-24(12-16)10-14-13-26-18-9-15(5-6-17(14)18)27-21-23-20-19(28-21)4-3-7-22-20/h3-7,9,13,16H,2,8,10-12H2,1H3. The van der Waals surface area contributed by atoms with Gasteiger partial charge >= 0.3 is 0 Å². The van der Waals surface area contributed by atoms with Crippen molar-refractivity contribution in [2.75, 3.05) is 19.7 Å². The lowest BCUT2D eigenvalue weighted by atomic mass is 10.1. The predicted octanol–water partition coefficient (Wildman–Crippen LogP) is 4.84. The van der Waals surface area contributed by atoms with Crippen LogP contribution in [0.25, 0.3) is 21.3 Å². The van der Waals surface area contributed by atoms with Gasteiger partial charge in [-0.25, -0.2) is 4.98 Å². The summed E-state index contributed by atoms with van der Waals surface area (Å²) in [6, 6.07) is 9.82. The van der Waals surface area contributed by atoms with E-state index in [9.17, 15) is 0 Å². The van der Waals surface area contributed by atoms with E-state index in [4.69, 9.17) is 13.9 Å². The number of nitrogens with zero attached hydrogens (tertiary/aromatic N) is 3. The lowest BCUT2D eigenvalue weighted by molar-refractivity contribution is -0.0574. The van der Waals surface area contributed by atoms with Gasteiger partial charge in [-0.2, -0.15) is 4.98 Å². The second-order valence-corrected chi connectivity index (χ2v) is 8.01. The highest BCUT2D eigenvalue weighted by atomic mass is 32.1. The molecular weight excluding hydrogens is 374 g/mol. The number of benzene rings is 1. The quantitative estimate of drug-likeness (QED) is 0.446. The highest BCUT2D eigenvalue weighted by molar-refractivity contribution is 7.20. The average Bonchev–Trinajstić information content (AvgIpc) is 3.26. The molecule has 144 valence electrons. The predicted molar refractivity (Wildman–Crippen MR) is 109 cm³/mol. The molecule has 4 heterocycles. The van der Waals surface area contributed by atoms with Gasteiger partial charge in [0.05, 0.1) is 17.1 Å². The van der Waals surface area contributed by atoms with Gasteiger partial charge in [0.1, 0.15) is 11.3 Å². The third-order valence-electron chi connectivity index (χ3n) is 4.85. The third kappa shape index (κ3) is 3.48. The summed E-state index contributed by atoms with van der Waals surface area (Å²) in [5.41, 5.74) is 2.73. The van der Waals surface area contributed by atoms with Crippen LogP contribution in [0.3, 0.4) is 0 Å². The van der Waals surface area contributed by atoms with E-state index in [2.05, 4.69) is 27.9 Å². The molecule has 5 rings (SSSR count). The zero-order valence-electron chi connectivity index (χ0n) is 15.6. The van der Waals surface area contributed by atoms with E-state index in [0.717, 1.165) is 48.3 Å². The molecule has 0 atom stereocenters. The Balaban J connectivity index is 1.27. The van der Waals surface area contributed by atoms with Gasteiger partial charge in [0.15, 0.2) is 5.65 Å². The molecule has 7 heteroatoms.